The molecule has 126 valence electrons. The molecule has 0 aromatic heterocycles. The van der Waals surface area contributed by atoms with Crippen molar-refractivity contribution in [1.82, 2.24) is 5.32 Å². The molecule has 1 atom stereocenters. The summed E-state index contributed by atoms with van der Waals surface area (Å²) < 4.78 is 0. The summed E-state index contributed by atoms with van der Waals surface area (Å²) in [4.78, 5) is 0. The molecular weight excluding hydrogens is 278 g/mol. The first kappa shape index (κ1) is 23.0. The molecule has 0 spiro atoms. The van der Waals surface area contributed by atoms with Gasteiger partial charge in [0, 0.05) is 0 Å². The van der Waals surface area contributed by atoms with Crippen molar-refractivity contribution >= 4 is 5.57 Å². The number of allylic oxidation sites excluding steroid dienone is 5. The fourth-order valence-electron chi connectivity index (χ4n) is 1.90. The van der Waals surface area contributed by atoms with E-state index in [9.17, 15) is 0 Å². The SMILES string of the molecule is C=C/C=C(\C=C)c1cccc(C(C=CC)NC=C)c1.CC.CC. The van der Waals surface area contributed by atoms with Crippen LogP contribution < -0.4 is 5.32 Å². The number of hydrogen-bond acceptors (Lipinski definition) is 1. The van der Waals surface area contributed by atoms with Crippen LogP contribution in [-0.4, -0.2) is 0 Å². The van der Waals surface area contributed by atoms with Crippen molar-refractivity contribution < 1.29 is 0 Å². The van der Waals surface area contributed by atoms with Gasteiger partial charge in [-0.1, -0.05) is 96.0 Å². The summed E-state index contributed by atoms with van der Waals surface area (Å²) >= 11 is 0. The Labute approximate surface area is 143 Å². The maximum atomic E-state index is 3.84. The van der Waals surface area contributed by atoms with E-state index in [0.29, 0.717) is 0 Å². The average molecular weight is 312 g/mol. The summed E-state index contributed by atoms with van der Waals surface area (Å²) in [5.74, 6) is 0. The van der Waals surface area contributed by atoms with Crippen molar-refractivity contribution in [2.24, 2.45) is 0 Å². The van der Waals surface area contributed by atoms with Crippen LogP contribution in [-0.2, 0) is 0 Å². The summed E-state index contributed by atoms with van der Waals surface area (Å²) in [5, 5.41) is 3.23. The maximum absolute atomic E-state index is 3.84. The Hall–Kier alpha value is -2.28. The van der Waals surface area contributed by atoms with Crippen molar-refractivity contribution in [3.63, 3.8) is 0 Å². The zero-order valence-corrected chi connectivity index (χ0v) is 15.5. The van der Waals surface area contributed by atoms with Crippen LogP contribution in [0.2, 0.25) is 0 Å². The van der Waals surface area contributed by atoms with E-state index in [2.05, 4.69) is 49.3 Å². The third-order valence-corrected chi connectivity index (χ3v) is 2.78. The molecule has 0 saturated carbocycles. The highest BCUT2D eigenvalue weighted by molar-refractivity contribution is 5.75. The number of rotatable bonds is 7. The van der Waals surface area contributed by atoms with E-state index in [1.807, 2.05) is 58.9 Å². The molecule has 0 aliphatic heterocycles. The van der Waals surface area contributed by atoms with Gasteiger partial charge in [-0.2, -0.15) is 0 Å². The summed E-state index contributed by atoms with van der Waals surface area (Å²) in [6.07, 6.45) is 11.4. The standard InChI is InChI=1S/C18H21N.2C2H6/c1-5-10-15(7-3)16-12-9-13-17(14-16)18(11-6-2)19-8-4;2*1-2/h5-14,18-19H,1,3-4H2,2H3;2*1-2H3/b11-6?,15-10+;;. The van der Waals surface area contributed by atoms with E-state index < -0.39 is 0 Å². The fraction of sp³-hybridized carbons (Fsp3) is 0.273. The summed E-state index contributed by atoms with van der Waals surface area (Å²) in [7, 11) is 0. The van der Waals surface area contributed by atoms with Gasteiger partial charge in [-0.15, -0.1) is 0 Å². The summed E-state index contributed by atoms with van der Waals surface area (Å²) in [6.45, 7) is 21.3. The Morgan fingerprint density at radius 3 is 2.22 bits per heavy atom. The van der Waals surface area contributed by atoms with Gasteiger partial charge in [-0.3, -0.25) is 0 Å². The first-order valence-corrected chi connectivity index (χ1v) is 8.32. The minimum Gasteiger partial charge on any atom is -0.381 e. The lowest BCUT2D eigenvalue weighted by atomic mass is 9.99. The van der Waals surface area contributed by atoms with E-state index >= 15 is 0 Å². The third kappa shape index (κ3) is 8.67. The van der Waals surface area contributed by atoms with Gasteiger partial charge in [0.1, 0.15) is 0 Å². The Morgan fingerprint density at radius 2 is 1.74 bits per heavy atom. The second kappa shape index (κ2) is 16.1. The van der Waals surface area contributed by atoms with Gasteiger partial charge in [0.2, 0.25) is 0 Å². The molecule has 0 fully saturated rings. The van der Waals surface area contributed by atoms with E-state index in [1.165, 1.54) is 5.56 Å². The van der Waals surface area contributed by atoms with Crippen molar-refractivity contribution in [1.29, 1.82) is 0 Å². The van der Waals surface area contributed by atoms with E-state index in [0.717, 1.165) is 11.1 Å². The Balaban J connectivity index is 0. The maximum Gasteiger partial charge on any atom is 0.0692 e. The molecule has 1 N–H and O–H groups in total. The van der Waals surface area contributed by atoms with Gasteiger partial charge >= 0.3 is 0 Å². The number of nitrogens with one attached hydrogen (secondary N) is 1. The lowest BCUT2D eigenvalue weighted by Crippen LogP contribution is -2.12. The van der Waals surface area contributed by atoms with Crippen molar-refractivity contribution in [2.75, 3.05) is 0 Å². The lowest BCUT2D eigenvalue weighted by Gasteiger charge is -2.15. The molecular formula is C22H33N. The van der Waals surface area contributed by atoms with Gasteiger partial charge in [0.05, 0.1) is 6.04 Å². The molecule has 0 heterocycles. The molecule has 0 saturated heterocycles. The Kier molecular flexibility index (Phi) is 16.1. The summed E-state index contributed by atoms with van der Waals surface area (Å²) in [6, 6.07) is 8.50. The zero-order chi connectivity index (χ0) is 18.1. The third-order valence-electron chi connectivity index (χ3n) is 2.78. The van der Waals surface area contributed by atoms with Crippen LogP contribution in [0.5, 0.6) is 0 Å². The molecule has 1 rings (SSSR count). The second-order valence-electron chi connectivity index (χ2n) is 4.06. The van der Waals surface area contributed by atoms with Gasteiger partial charge in [0.15, 0.2) is 0 Å². The molecule has 1 heteroatoms. The number of hydrogen-bond donors (Lipinski definition) is 1. The minimum absolute atomic E-state index is 0.136. The van der Waals surface area contributed by atoms with Gasteiger partial charge < -0.3 is 5.32 Å². The van der Waals surface area contributed by atoms with Crippen LogP contribution in [0, 0.1) is 0 Å². The molecule has 0 amide bonds. The molecule has 1 aromatic carbocycles. The monoisotopic (exact) mass is 311 g/mol. The van der Waals surface area contributed by atoms with E-state index in [4.69, 9.17) is 0 Å². The minimum atomic E-state index is 0.136. The van der Waals surface area contributed by atoms with E-state index in [-0.39, 0.29) is 6.04 Å². The molecule has 0 aliphatic carbocycles. The van der Waals surface area contributed by atoms with Crippen LogP contribution in [0.4, 0.5) is 0 Å². The van der Waals surface area contributed by atoms with Crippen LogP contribution in [0.3, 0.4) is 0 Å². The van der Waals surface area contributed by atoms with Crippen molar-refractivity contribution in [3.05, 3.63) is 91.7 Å². The zero-order valence-electron chi connectivity index (χ0n) is 15.5. The van der Waals surface area contributed by atoms with Gasteiger partial charge in [0.25, 0.3) is 0 Å². The van der Waals surface area contributed by atoms with Crippen LogP contribution >= 0.6 is 0 Å². The smallest absolute Gasteiger partial charge is 0.0692 e. The Bertz CT molecular complexity index is 506. The largest absolute Gasteiger partial charge is 0.381 e. The van der Waals surface area contributed by atoms with Crippen LogP contribution in [0.1, 0.15) is 51.8 Å². The van der Waals surface area contributed by atoms with Crippen molar-refractivity contribution in [2.45, 2.75) is 40.7 Å². The van der Waals surface area contributed by atoms with Gasteiger partial charge in [-0.05, 0) is 35.9 Å². The first-order valence-electron chi connectivity index (χ1n) is 8.32. The highest BCUT2D eigenvalue weighted by Gasteiger charge is 2.06. The predicted molar refractivity (Wildman–Crippen MR) is 108 cm³/mol. The van der Waals surface area contributed by atoms with Crippen LogP contribution in [0.25, 0.3) is 5.57 Å². The van der Waals surface area contributed by atoms with E-state index in [1.54, 1.807) is 12.3 Å². The average Bonchev–Trinajstić information content (AvgIpc) is 2.63. The number of benzene rings is 1. The molecule has 0 bridgehead atoms. The quantitative estimate of drug-likeness (QED) is 0.429. The fourth-order valence-corrected chi connectivity index (χ4v) is 1.90. The molecule has 1 nitrogen and oxygen atoms in total. The first-order chi connectivity index (χ1) is 11.3. The summed E-state index contributed by atoms with van der Waals surface area (Å²) in [5.41, 5.74) is 3.38. The topological polar surface area (TPSA) is 12.0 Å². The molecule has 0 radical (unpaired) electrons. The highest BCUT2D eigenvalue weighted by atomic mass is 14.9. The molecule has 0 aliphatic rings. The molecule has 23 heavy (non-hydrogen) atoms. The van der Waals surface area contributed by atoms with Gasteiger partial charge in [-0.25, -0.2) is 0 Å². The predicted octanol–water partition coefficient (Wildman–Crippen LogP) is 6.84. The second-order valence-corrected chi connectivity index (χ2v) is 4.06. The Morgan fingerprint density at radius 1 is 1.09 bits per heavy atom. The molecule has 1 aromatic rings. The normalized spacial score (nSPS) is 11.3. The highest BCUT2D eigenvalue weighted by Crippen LogP contribution is 2.21. The lowest BCUT2D eigenvalue weighted by molar-refractivity contribution is 0.755. The van der Waals surface area contributed by atoms with Crippen molar-refractivity contribution in [3.8, 4) is 0 Å². The van der Waals surface area contributed by atoms with Crippen LogP contribution in [0.15, 0.2) is 80.6 Å². The molecule has 1 unspecified atom stereocenters.